The van der Waals surface area contributed by atoms with Gasteiger partial charge in [-0.1, -0.05) is 59.2 Å². The van der Waals surface area contributed by atoms with Gasteiger partial charge in [-0.3, -0.25) is 14.5 Å². The number of hydrogen-bond donors (Lipinski definition) is 0. The van der Waals surface area contributed by atoms with Gasteiger partial charge in [0, 0.05) is 4.47 Å². The molecule has 7 nitrogen and oxygen atoms in total. The lowest BCUT2D eigenvalue weighted by Crippen LogP contribution is -2.29. The van der Waals surface area contributed by atoms with Crippen molar-refractivity contribution in [3.63, 3.8) is 0 Å². The van der Waals surface area contributed by atoms with E-state index in [9.17, 15) is 9.59 Å². The van der Waals surface area contributed by atoms with Crippen LogP contribution in [0.3, 0.4) is 0 Å². The Kier molecular flexibility index (Phi) is 5.99. The van der Waals surface area contributed by atoms with Gasteiger partial charge in [0.05, 0.1) is 23.6 Å². The lowest BCUT2D eigenvalue weighted by molar-refractivity contribution is 0.0970. The van der Waals surface area contributed by atoms with Crippen molar-refractivity contribution < 1.29 is 13.9 Å². The first kappa shape index (κ1) is 21.8. The average Bonchev–Trinajstić information content (AvgIpc) is 3.44. The van der Waals surface area contributed by atoms with Crippen LogP contribution in [-0.2, 0) is 0 Å². The van der Waals surface area contributed by atoms with Gasteiger partial charge in [-0.2, -0.15) is 0 Å². The van der Waals surface area contributed by atoms with Crippen molar-refractivity contribution >= 4 is 49.3 Å². The minimum Gasteiger partial charge on any atom is -0.494 e. The molecule has 0 bridgehead atoms. The van der Waals surface area contributed by atoms with E-state index >= 15 is 0 Å². The predicted octanol–water partition coefficient (Wildman–Crippen LogP) is 5.73. The summed E-state index contributed by atoms with van der Waals surface area (Å²) in [6.07, 6.45) is 3.17. The average molecular weight is 526 g/mol. The van der Waals surface area contributed by atoms with E-state index in [4.69, 9.17) is 9.15 Å². The summed E-state index contributed by atoms with van der Waals surface area (Å²) in [7, 11) is 0. The van der Waals surface area contributed by atoms with Gasteiger partial charge in [0.2, 0.25) is 10.9 Å². The lowest BCUT2D eigenvalue weighted by atomic mass is 9.98. The molecule has 0 radical (unpaired) electrons. The highest BCUT2D eigenvalue weighted by atomic mass is 79.9. The Morgan fingerprint density at radius 1 is 1.18 bits per heavy atom. The molecule has 1 aliphatic heterocycles. The summed E-state index contributed by atoms with van der Waals surface area (Å²) in [6.45, 7) is 2.75. The first-order chi connectivity index (χ1) is 16.1. The fourth-order valence-corrected chi connectivity index (χ4v) is 4.99. The number of fused-ring (bicyclic) bond motifs is 2. The van der Waals surface area contributed by atoms with Gasteiger partial charge in [0.15, 0.2) is 5.43 Å². The SMILES string of the molecule is CCCCCOc1cccc(C2c3c(oc4ccc(Br)cc4c3=O)C(=O)N2c2nncs2)c1. The molecule has 9 heteroatoms. The molecule has 5 rings (SSSR count). The number of amides is 1. The lowest BCUT2D eigenvalue weighted by Gasteiger charge is -2.22. The number of halogens is 1. The van der Waals surface area contributed by atoms with Gasteiger partial charge in [0.25, 0.3) is 5.91 Å². The topological polar surface area (TPSA) is 85.5 Å². The maximum atomic E-state index is 13.6. The van der Waals surface area contributed by atoms with E-state index < -0.39 is 11.9 Å². The molecule has 0 saturated heterocycles. The fourth-order valence-electron chi connectivity index (χ4n) is 4.05. The second-order valence-corrected chi connectivity index (χ2v) is 9.47. The Hall–Kier alpha value is -3.04. The van der Waals surface area contributed by atoms with Gasteiger partial charge in [-0.25, -0.2) is 0 Å². The van der Waals surface area contributed by atoms with Crippen molar-refractivity contribution in [1.29, 1.82) is 0 Å². The third kappa shape index (κ3) is 3.95. The number of nitrogens with zero attached hydrogens (tertiary/aromatic N) is 3. The summed E-state index contributed by atoms with van der Waals surface area (Å²) in [6, 6.07) is 12.0. The van der Waals surface area contributed by atoms with Crippen molar-refractivity contribution in [3.05, 3.63) is 79.6 Å². The van der Waals surface area contributed by atoms with Crippen molar-refractivity contribution in [3.8, 4) is 5.75 Å². The van der Waals surface area contributed by atoms with E-state index in [-0.39, 0.29) is 11.2 Å². The van der Waals surface area contributed by atoms with Gasteiger partial charge < -0.3 is 9.15 Å². The van der Waals surface area contributed by atoms with Crippen LogP contribution < -0.4 is 15.1 Å². The highest BCUT2D eigenvalue weighted by molar-refractivity contribution is 9.10. The normalized spacial score (nSPS) is 15.3. The third-order valence-corrected chi connectivity index (χ3v) is 6.76. The Morgan fingerprint density at radius 3 is 2.85 bits per heavy atom. The van der Waals surface area contributed by atoms with E-state index in [1.54, 1.807) is 23.7 Å². The Labute approximate surface area is 202 Å². The molecule has 0 N–H and O–H groups in total. The number of unbranched alkanes of at least 4 members (excludes halogenated alkanes) is 2. The molecule has 3 heterocycles. The number of carbonyl (C=O) groups is 1. The minimum atomic E-state index is -0.695. The predicted molar refractivity (Wildman–Crippen MR) is 130 cm³/mol. The minimum absolute atomic E-state index is 0.0317. The Bertz CT molecular complexity index is 1390. The van der Waals surface area contributed by atoms with Gasteiger partial charge >= 0.3 is 0 Å². The molecule has 1 aliphatic rings. The summed E-state index contributed by atoms with van der Waals surface area (Å²) >= 11 is 4.65. The van der Waals surface area contributed by atoms with Crippen molar-refractivity contribution in [2.75, 3.05) is 11.5 Å². The van der Waals surface area contributed by atoms with E-state index in [2.05, 4.69) is 33.1 Å². The zero-order chi connectivity index (χ0) is 22.9. The number of benzene rings is 2. The molecule has 33 heavy (non-hydrogen) atoms. The molecular formula is C24H20BrN3O4S. The molecule has 0 spiro atoms. The van der Waals surface area contributed by atoms with Crippen LogP contribution in [0.1, 0.15) is 53.9 Å². The van der Waals surface area contributed by atoms with Crippen molar-refractivity contribution in [2.45, 2.75) is 32.2 Å². The molecule has 4 aromatic rings. The van der Waals surface area contributed by atoms with Crippen LogP contribution in [-0.4, -0.2) is 22.7 Å². The number of anilines is 1. The number of ether oxygens (including phenoxy) is 1. The fraction of sp³-hybridized carbons (Fsp3) is 0.250. The summed E-state index contributed by atoms with van der Waals surface area (Å²) in [5, 5.41) is 8.80. The van der Waals surface area contributed by atoms with Crippen LogP contribution in [0.15, 0.2) is 61.7 Å². The summed E-state index contributed by atoms with van der Waals surface area (Å²) in [5.41, 5.74) is 2.71. The first-order valence-corrected chi connectivity index (χ1v) is 12.3. The molecule has 2 aromatic carbocycles. The zero-order valence-corrected chi connectivity index (χ0v) is 20.2. The summed E-state index contributed by atoms with van der Waals surface area (Å²) in [4.78, 5) is 28.6. The van der Waals surface area contributed by atoms with Gasteiger partial charge in [-0.15, -0.1) is 10.2 Å². The highest BCUT2D eigenvalue weighted by Gasteiger charge is 2.45. The maximum absolute atomic E-state index is 13.6. The van der Waals surface area contributed by atoms with Crippen LogP contribution in [0.4, 0.5) is 5.13 Å². The molecule has 1 unspecified atom stereocenters. The Balaban J connectivity index is 1.65. The van der Waals surface area contributed by atoms with E-state index in [1.165, 1.54) is 16.2 Å². The molecule has 1 amide bonds. The van der Waals surface area contributed by atoms with Gasteiger partial charge in [-0.05, 0) is 42.3 Å². The second kappa shape index (κ2) is 9.07. The number of aromatic nitrogens is 2. The van der Waals surface area contributed by atoms with Crippen LogP contribution in [0.5, 0.6) is 5.75 Å². The first-order valence-electron chi connectivity index (χ1n) is 10.7. The molecule has 2 aromatic heterocycles. The molecule has 0 fully saturated rings. The molecule has 168 valence electrons. The van der Waals surface area contributed by atoms with Crippen LogP contribution in [0.25, 0.3) is 11.0 Å². The molecule has 0 aliphatic carbocycles. The number of hydrogen-bond acceptors (Lipinski definition) is 7. The summed E-state index contributed by atoms with van der Waals surface area (Å²) < 4.78 is 12.7. The quantitative estimate of drug-likeness (QED) is 0.286. The van der Waals surface area contributed by atoms with Crippen molar-refractivity contribution in [2.24, 2.45) is 0 Å². The van der Waals surface area contributed by atoms with Crippen molar-refractivity contribution in [1.82, 2.24) is 10.2 Å². The Morgan fingerprint density at radius 2 is 2.06 bits per heavy atom. The van der Waals surface area contributed by atoms with Crippen LogP contribution >= 0.6 is 27.3 Å². The second-order valence-electron chi connectivity index (χ2n) is 7.74. The standard InChI is InChI=1S/C24H20BrN3O4S/c1-2-3-4-10-31-16-7-5-6-14(11-16)20-19-21(29)17-12-15(25)8-9-18(17)32-22(19)23(30)28(20)24-27-26-13-33-24/h5-9,11-13,20H,2-4,10H2,1H3. The third-order valence-electron chi connectivity index (χ3n) is 5.58. The van der Waals surface area contributed by atoms with Gasteiger partial charge in [0.1, 0.15) is 16.8 Å². The van der Waals surface area contributed by atoms with E-state index in [1.807, 2.05) is 24.3 Å². The summed E-state index contributed by atoms with van der Waals surface area (Å²) in [5.74, 6) is 0.307. The monoisotopic (exact) mass is 525 g/mol. The highest BCUT2D eigenvalue weighted by Crippen LogP contribution is 2.42. The molecular weight excluding hydrogens is 506 g/mol. The number of carbonyl (C=O) groups excluding carboxylic acids is 1. The number of rotatable bonds is 7. The largest absolute Gasteiger partial charge is 0.494 e. The van der Waals surface area contributed by atoms with Crippen LogP contribution in [0.2, 0.25) is 0 Å². The maximum Gasteiger partial charge on any atom is 0.297 e. The molecule has 0 saturated carbocycles. The zero-order valence-electron chi connectivity index (χ0n) is 17.8. The molecule has 1 atom stereocenters. The van der Waals surface area contributed by atoms with Crippen LogP contribution in [0, 0.1) is 0 Å². The smallest absolute Gasteiger partial charge is 0.297 e. The van der Waals surface area contributed by atoms with E-state index in [0.717, 1.165) is 29.3 Å². The van der Waals surface area contributed by atoms with E-state index in [0.29, 0.717) is 34.0 Å².